The molecule has 0 spiro atoms. The van der Waals surface area contributed by atoms with E-state index in [4.69, 9.17) is 16.3 Å². The zero-order valence-electron chi connectivity index (χ0n) is 13.1. The van der Waals surface area contributed by atoms with Gasteiger partial charge in [-0.15, -0.1) is 5.10 Å². The van der Waals surface area contributed by atoms with Gasteiger partial charge in [0.05, 0.1) is 11.9 Å². The second-order valence-electron chi connectivity index (χ2n) is 5.51. The average Bonchev–Trinajstić information content (AvgIpc) is 3.03. The van der Waals surface area contributed by atoms with Crippen molar-refractivity contribution in [2.75, 3.05) is 0 Å². The summed E-state index contributed by atoms with van der Waals surface area (Å²) < 4.78 is 8.62. The third-order valence-electron chi connectivity index (χ3n) is 3.73. The van der Waals surface area contributed by atoms with Crippen molar-refractivity contribution >= 4 is 33.2 Å². The zero-order chi connectivity index (χ0) is 17.2. The molecule has 4 aromatic rings. The molecule has 0 N–H and O–H groups in total. The highest BCUT2D eigenvalue weighted by Gasteiger charge is 2.09. The molecule has 4 rings (SSSR count). The molecule has 4 nitrogen and oxygen atoms in total. The minimum Gasteiger partial charge on any atom is -0.472 e. The summed E-state index contributed by atoms with van der Waals surface area (Å²) in [7, 11) is 0. The molecule has 0 bridgehead atoms. The number of halogens is 2. The van der Waals surface area contributed by atoms with Crippen molar-refractivity contribution in [1.29, 1.82) is 0 Å². The van der Waals surface area contributed by atoms with Gasteiger partial charge >= 0.3 is 0 Å². The molecule has 0 radical (unpaired) electrons. The van der Waals surface area contributed by atoms with E-state index in [-0.39, 0.29) is 0 Å². The van der Waals surface area contributed by atoms with Crippen LogP contribution >= 0.6 is 27.5 Å². The zero-order valence-corrected chi connectivity index (χ0v) is 15.4. The smallest absolute Gasteiger partial charge is 0.232 e. The lowest BCUT2D eigenvalue weighted by atomic mass is 10.2. The predicted octanol–water partition coefficient (Wildman–Crippen LogP) is 5.39. The summed E-state index contributed by atoms with van der Waals surface area (Å²) in [4.78, 5) is 4.39. The number of aromatic nitrogens is 3. The maximum atomic E-state index is 6.10. The van der Waals surface area contributed by atoms with Gasteiger partial charge in [0.25, 0.3) is 0 Å². The highest BCUT2D eigenvalue weighted by Crippen LogP contribution is 2.24. The molecule has 0 saturated carbocycles. The average molecular weight is 415 g/mol. The SMILES string of the molecule is Clc1cccc(-c2cnc3ccc(OCc4cccc(Br)c4)nn23)c1. The first-order chi connectivity index (χ1) is 12.2. The molecule has 124 valence electrons. The van der Waals surface area contributed by atoms with Gasteiger partial charge in [0.2, 0.25) is 5.88 Å². The van der Waals surface area contributed by atoms with Crippen molar-refractivity contribution in [3.05, 3.63) is 81.9 Å². The van der Waals surface area contributed by atoms with Gasteiger partial charge in [-0.05, 0) is 35.9 Å². The molecule has 25 heavy (non-hydrogen) atoms. The Balaban J connectivity index is 1.64. The first-order valence-electron chi connectivity index (χ1n) is 7.67. The fraction of sp³-hybridized carbons (Fsp3) is 0.0526. The Bertz CT molecular complexity index is 1050. The third kappa shape index (κ3) is 3.52. The van der Waals surface area contributed by atoms with Crippen LogP contribution < -0.4 is 4.74 Å². The minimum atomic E-state index is 0.444. The Morgan fingerprint density at radius 1 is 1.04 bits per heavy atom. The second-order valence-corrected chi connectivity index (χ2v) is 6.87. The van der Waals surface area contributed by atoms with E-state index in [9.17, 15) is 0 Å². The van der Waals surface area contributed by atoms with E-state index in [1.54, 1.807) is 10.7 Å². The van der Waals surface area contributed by atoms with E-state index in [0.717, 1.165) is 26.9 Å². The van der Waals surface area contributed by atoms with E-state index in [2.05, 4.69) is 26.0 Å². The van der Waals surface area contributed by atoms with Crippen LogP contribution in [0.25, 0.3) is 16.9 Å². The molecule has 0 aliphatic heterocycles. The molecular formula is C19H13BrClN3O. The second kappa shape index (κ2) is 6.86. The number of ether oxygens (including phenoxy) is 1. The highest BCUT2D eigenvalue weighted by atomic mass is 79.9. The molecule has 2 aromatic heterocycles. The molecular weight excluding hydrogens is 402 g/mol. The summed E-state index contributed by atoms with van der Waals surface area (Å²) in [6, 6.07) is 19.3. The standard InChI is InChI=1S/C19H13BrClN3O/c20-15-5-1-3-13(9-15)12-25-19-8-7-18-22-11-17(24(18)23-19)14-4-2-6-16(21)10-14/h1-11H,12H2. The number of fused-ring (bicyclic) bond motifs is 1. The number of imidazole rings is 1. The summed E-state index contributed by atoms with van der Waals surface area (Å²) >= 11 is 9.56. The van der Waals surface area contributed by atoms with Gasteiger partial charge in [-0.1, -0.05) is 51.8 Å². The summed E-state index contributed by atoms with van der Waals surface area (Å²) in [6.07, 6.45) is 1.78. The summed E-state index contributed by atoms with van der Waals surface area (Å²) in [5.41, 5.74) is 3.64. The molecule has 2 heterocycles. The molecule has 0 atom stereocenters. The van der Waals surface area contributed by atoms with Crippen molar-refractivity contribution in [3.63, 3.8) is 0 Å². The van der Waals surface area contributed by atoms with Crippen LogP contribution in [-0.2, 0) is 6.61 Å². The summed E-state index contributed by atoms with van der Waals surface area (Å²) in [6.45, 7) is 0.444. The lowest BCUT2D eigenvalue weighted by Gasteiger charge is -2.07. The van der Waals surface area contributed by atoms with E-state index >= 15 is 0 Å². The molecule has 2 aromatic carbocycles. The molecule has 0 aliphatic carbocycles. The number of hydrogen-bond acceptors (Lipinski definition) is 3. The molecule has 0 amide bonds. The molecule has 0 aliphatic rings. The fourth-order valence-corrected chi connectivity index (χ4v) is 3.20. The first-order valence-corrected chi connectivity index (χ1v) is 8.84. The van der Waals surface area contributed by atoms with Crippen LogP contribution in [-0.4, -0.2) is 14.6 Å². The van der Waals surface area contributed by atoms with Crippen LogP contribution in [0.15, 0.2) is 71.3 Å². The van der Waals surface area contributed by atoms with Crippen molar-refractivity contribution in [2.24, 2.45) is 0 Å². The number of benzene rings is 2. The minimum absolute atomic E-state index is 0.444. The summed E-state index contributed by atoms with van der Waals surface area (Å²) in [5, 5.41) is 5.23. The fourth-order valence-electron chi connectivity index (χ4n) is 2.56. The Morgan fingerprint density at radius 2 is 1.92 bits per heavy atom. The van der Waals surface area contributed by atoms with Gasteiger partial charge in [0.1, 0.15) is 6.61 Å². The number of rotatable bonds is 4. The maximum Gasteiger partial charge on any atom is 0.232 e. The van der Waals surface area contributed by atoms with Crippen LogP contribution in [0.1, 0.15) is 5.56 Å². The van der Waals surface area contributed by atoms with Gasteiger partial charge < -0.3 is 4.74 Å². The van der Waals surface area contributed by atoms with Crippen LogP contribution in [0.2, 0.25) is 5.02 Å². The molecule has 0 saturated heterocycles. The van der Waals surface area contributed by atoms with Crippen LogP contribution in [0.5, 0.6) is 5.88 Å². The van der Waals surface area contributed by atoms with Gasteiger partial charge in [0, 0.05) is 21.1 Å². The van der Waals surface area contributed by atoms with E-state index in [1.807, 2.05) is 60.7 Å². The molecule has 0 fully saturated rings. The first kappa shape index (κ1) is 16.1. The van der Waals surface area contributed by atoms with Crippen LogP contribution in [0.3, 0.4) is 0 Å². The van der Waals surface area contributed by atoms with Gasteiger partial charge in [-0.3, -0.25) is 0 Å². The highest BCUT2D eigenvalue weighted by molar-refractivity contribution is 9.10. The van der Waals surface area contributed by atoms with Crippen LogP contribution in [0, 0.1) is 0 Å². The largest absolute Gasteiger partial charge is 0.472 e. The van der Waals surface area contributed by atoms with Crippen molar-refractivity contribution in [3.8, 4) is 17.1 Å². The number of hydrogen-bond donors (Lipinski definition) is 0. The predicted molar refractivity (Wildman–Crippen MR) is 102 cm³/mol. The molecule has 6 heteroatoms. The van der Waals surface area contributed by atoms with Crippen molar-refractivity contribution in [2.45, 2.75) is 6.61 Å². The number of nitrogens with zero attached hydrogens (tertiary/aromatic N) is 3. The summed E-state index contributed by atoms with van der Waals surface area (Å²) in [5.74, 6) is 0.536. The topological polar surface area (TPSA) is 39.4 Å². The monoisotopic (exact) mass is 413 g/mol. The van der Waals surface area contributed by atoms with E-state index < -0.39 is 0 Å². The van der Waals surface area contributed by atoms with Gasteiger partial charge in [0.15, 0.2) is 5.65 Å². The Kier molecular flexibility index (Phi) is 4.42. The van der Waals surface area contributed by atoms with Gasteiger partial charge in [-0.2, -0.15) is 0 Å². The van der Waals surface area contributed by atoms with Gasteiger partial charge in [-0.25, -0.2) is 9.50 Å². The van der Waals surface area contributed by atoms with Crippen molar-refractivity contribution in [1.82, 2.24) is 14.6 Å². The Labute approximate surface area is 158 Å². The third-order valence-corrected chi connectivity index (χ3v) is 4.46. The van der Waals surface area contributed by atoms with Crippen molar-refractivity contribution < 1.29 is 4.74 Å². The maximum absolute atomic E-state index is 6.10. The Hall–Kier alpha value is -2.37. The lowest BCUT2D eigenvalue weighted by Crippen LogP contribution is -2.01. The normalized spacial score (nSPS) is 11.0. The van der Waals surface area contributed by atoms with E-state index in [0.29, 0.717) is 17.5 Å². The Morgan fingerprint density at radius 3 is 2.76 bits per heavy atom. The van der Waals surface area contributed by atoms with Crippen LogP contribution in [0.4, 0.5) is 0 Å². The van der Waals surface area contributed by atoms with E-state index in [1.165, 1.54) is 0 Å². The quantitative estimate of drug-likeness (QED) is 0.449. The molecule has 0 unspecified atom stereocenters. The lowest BCUT2D eigenvalue weighted by molar-refractivity contribution is 0.289.